The monoisotopic (exact) mass is 294 g/mol. The Morgan fingerprint density at radius 3 is 2.85 bits per heavy atom. The lowest BCUT2D eigenvalue weighted by Crippen LogP contribution is -2.35. The van der Waals surface area contributed by atoms with E-state index in [1.807, 2.05) is 12.1 Å². The molecule has 4 rings (SSSR count). The second-order valence-electron chi connectivity index (χ2n) is 5.96. The summed E-state index contributed by atoms with van der Waals surface area (Å²) in [6.45, 7) is 3.44. The molecule has 1 aromatic carbocycles. The van der Waals surface area contributed by atoms with Gasteiger partial charge in [0.25, 0.3) is 0 Å². The second kappa shape index (κ2) is 5.10. The van der Waals surface area contributed by atoms with Crippen molar-refractivity contribution in [3.05, 3.63) is 22.7 Å². The molecule has 1 N–H and O–H groups in total. The lowest BCUT2D eigenvalue weighted by molar-refractivity contribution is 0.174. The van der Waals surface area contributed by atoms with Gasteiger partial charge in [0.15, 0.2) is 11.5 Å². The fraction of sp³-hybridized carbons (Fsp3) is 0.600. The van der Waals surface area contributed by atoms with Gasteiger partial charge < -0.3 is 14.8 Å². The minimum atomic E-state index is 0.298. The van der Waals surface area contributed by atoms with Crippen LogP contribution in [0, 0.1) is 0 Å². The molecule has 2 fully saturated rings. The van der Waals surface area contributed by atoms with E-state index in [1.165, 1.54) is 19.3 Å². The zero-order valence-electron chi connectivity index (χ0n) is 11.4. The number of halogens is 1. The number of hydrogen-bond acceptors (Lipinski definition) is 4. The Morgan fingerprint density at radius 1 is 1.15 bits per heavy atom. The largest absolute Gasteiger partial charge is 0.454 e. The van der Waals surface area contributed by atoms with Crippen LogP contribution < -0.4 is 14.8 Å². The normalized spacial score (nSPS) is 28.6. The van der Waals surface area contributed by atoms with Gasteiger partial charge in [-0.05, 0) is 30.9 Å². The first kappa shape index (κ1) is 12.7. The maximum absolute atomic E-state index is 6.37. The van der Waals surface area contributed by atoms with Crippen molar-refractivity contribution in [2.45, 2.75) is 37.9 Å². The molecule has 0 radical (unpaired) electrons. The van der Waals surface area contributed by atoms with Gasteiger partial charge in [0.05, 0.1) is 0 Å². The van der Waals surface area contributed by atoms with Gasteiger partial charge in [-0.1, -0.05) is 11.6 Å². The van der Waals surface area contributed by atoms with Gasteiger partial charge in [-0.15, -0.1) is 0 Å². The van der Waals surface area contributed by atoms with Gasteiger partial charge in [0, 0.05) is 42.8 Å². The first-order chi connectivity index (χ1) is 9.78. The van der Waals surface area contributed by atoms with Crippen LogP contribution in [0.5, 0.6) is 11.5 Å². The molecule has 20 heavy (non-hydrogen) atoms. The maximum atomic E-state index is 6.37. The number of rotatable bonds is 2. The molecule has 108 valence electrons. The molecule has 0 unspecified atom stereocenters. The van der Waals surface area contributed by atoms with Gasteiger partial charge in [0.1, 0.15) is 0 Å². The summed E-state index contributed by atoms with van der Waals surface area (Å²) in [4.78, 5) is 2.50. The highest BCUT2D eigenvalue weighted by Crippen LogP contribution is 2.37. The van der Waals surface area contributed by atoms with Crippen molar-refractivity contribution in [2.75, 3.05) is 19.9 Å². The van der Waals surface area contributed by atoms with E-state index in [4.69, 9.17) is 21.1 Å². The van der Waals surface area contributed by atoms with Crippen LogP contribution in [0.15, 0.2) is 12.1 Å². The Morgan fingerprint density at radius 2 is 1.95 bits per heavy atom. The Labute approximate surface area is 124 Å². The van der Waals surface area contributed by atoms with Crippen molar-refractivity contribution in [1.82, 2.24) is 10.2 Å². The molecule has 0 saturated carbocycles. The van der Waals surface area contributed by atoms with Crippen LogP contribution in [-0.4, -0.2) is 36.9 Å². The number of nitrogens with one attached hydrogen (secondary N) is 1. The van der Waals surface area contributed by atoms with Gasteiger partial charge in [-0.2, -0.15) is 0 Å². The number of likely N-dealkylation sites (tertiary alicyclic amines) is 1. The fourth-order valence-corrected chi connectivity index (χ4v) is 3.69. The molecule has 2 atom stereocenters. The van der Waals surface area contributed by atoms with E-state index in [0.29, 0.717) is 12.8 Å². The van der Waals surface area contributed by atoms with Crippen LogP contribution in [0.4, 0.5) is 0 Å². The summed E-state index contributed by atoms with van der Waals surface area (Å²) in [5.41, 5.74) is 1.13. The van der Waals surface area contributed by atoms with Crippen LogP contribution in [0.25, 0.3) is 0 Å². The Balaban J connectivity index is 1.51. The molecular weight excluding hydrogens is 276 g/mol. The molecule has 3 aliphatic heterocycles. The predicted molar refractivity (Wildman–Crippen MR) is 77.4 cm³/mol. The van der Waals surface area contributed by atoms with E-state index in [1.54, 1.807) is 0 Å². The quantitative estimate of drug-likeness (QED) is 0.908. The van der Waals surface area contributed by atoms with Crippen molar-refractivity contribution in [3.8, 4) is 11.5 Å². The van der Waals surface area contributed by atoms with Crippen molar-refractivity contribution in [2.24, 2.45) is 0 Å². The molecule has 2 saturated heterocycles. The number of fused-ring (bicyclic) bond motifs is 3. The first-order valence-corrected chi connectivity index (χ1v) is 7.72. The summed E-state index contributed by atoms with van der Waals surface area (Å²) in [7, 11) is 0. The lowest BCUT2D eigenvalue weighted by atomic mass is 10.1. The Bertz CT molecular complexity index is 523. The number of hydrogen-bond donors (Lipinski definition) is 1. The maximum Gasteiger partial charge on any atom is 0.231 e. The molecule has 0 aliphatic carbocycles. The second-order valence-corrected chi connectivity index (χ2v) is 6.37. The van der Waals surface area contributed by atoms with Crippen molar-refractivity contribution in [1.29, 1.82) is 0 Å². The van der Waals surface area contributed by atoms with Gasteiger partial charge in [-0.25, -0.2) is 0 Å². The van der Waals surface area contributed by atoms with E-state index in [9.17, 15) is 0 Å². The van der Waals surface area contributed by atoms with E-state index < -0.39 is 0 Å². The van der Waals surface area contributed by atoms with E-state index in [-0.39, 0.29) is 0 Å². The number of ether oxygens (including phenoxy) is 2. The molecule has 0 aromatic heterocycles. The Hall–Kier alpha value is -0.970. The van der Waals surface area contributed by atoms with Crippen LogP contribution in [0.3, 0.4) is 0 Å². The predicted octanol–water partition coefficient (Wildman–Crippen LogP) is 2.39. The molecule has 4 nitrogen and oxygen atoms in total. The standard InChI is InChI=1S/C15H19ClN2O2/c16-13-6-15-14(19-9-20-15)5-10(13)7-18-4-3-11-1-2-12(8-18)17-11/h5-6,11-12,17H,1-4,7-9H2/t11-,12+/m1/s1. The number of benzene rings is 1. The third-order valence-electron chi connectivity index (χ3n) is 4.54. The van der Waals surface area contributed by atoms with Crippen LogP contribution in [0.1, 0.15) is 24.8 Å². The summed E-state index contributed by atoms with van der Waals surface area (Å²) >= 11 is 6.37. The zero-order valence-corrected chi connectivity index (χ0v) is 12.2. The first-order valence-electron chi connectivity index (χ1n) is 7.34. The Kier molecular flexibility index (Phi) is 3.25. The molecule has 3 aliphatic rings. The molecule has 1 aromatic rings. The van der Waals surface area contributed by atoms with Crippen molar-refractivity contribution < 1.29 is 9.47 Å². The minimum Gasteiger partial charge on any atom is -0.454 e. The molecule has 0 amide bonds. The third-order valence-corrected chi connectivity index (χ3v) is 4.89. The third kappa shape index (κ3) is 2.36. The average molecular weight is 295 g/mol. The van der Waals surface area contributed by atoms with Gasteiger partial charge in [-0.3, -0.25) is 4.90 Å². The smallest absolute Gasteiger partial charge is 0.231 e. The highest BCUT2D eigenvalue weighted by molar-refractivity contribution is 6.31. The fourth-order valence-electron chi connectivity index (χ4n) is 3.48. The highest BCUT2D eigenvalue weighted by atomic mass is 35.5. The SMILES string of the molecule is Clc1cc2c(cc1CN1CC[C@H]3CC[C@@H](C1)N3)OCO2. The molecule has 0 spiro atoms. The van der Waals surface area contributed by atoms with E-state index in [2.05, 4.69) is 10.2 Å². The lowest BCUT2D eigenvalue weighted by Gasteiger charge is -2.24. The zero-order chi connectivity index (χ0) is 13.5. The van der Waals surface area contributed by atoms with Crippen LogP contribution >= 0.6 is 11.6 Å². The highest BCUT2D eigenvalue weighted by Gasteiger charge is 2.29. The molecule has 2 bridgehead atoms. The molecular formula is C15H19ClN2O2. The van der Waals surface area contributed by atoms with Gasteiger partial charge >= 0.3 is 0 Å². The summed E-state index contributed by atoms with van der Waals surface area (Å²) < 4.78 is 10.8. The summed E-state index contributed by atoms with van der Waals surface area (Å²) in [5, 5.41) is 4.48. The van der Waals surface area contributed by atoms with Crippen molar-refractivity contribution >= 4 is 11.6 Å². The molecule has 5 heteroatoms. The van der Waals surface area contributed by atoms with Crippen LogP contribution in [-0.2, 0) is 6.54 Å². The average Bonchev–Trinajstić information content (AvgIpc) is 2.99. The topological polar surface area (TPSA) is 33.7 Å². The summed E-state index contributed by atoms with van der Waals surface area (Å²) in [6, 6.07) is 5.27. The summed E-state index contributed by atoms with van der Waals surface area (Å²) in [5.74, 6) is 1.58. The summed E-state index contributed by atoms with van der Waals surface area (Å²) in [6.07, 6.45) is 3.87. The van der Waals surface area contributed by atoms with Crippen LogP contribution in [0.2, 0.25) is 5.02 Å². The van der Waals surface area contributed by atoms with Gasteiger partial charge in [0.2, 0.25) is 6.79 Å². The van der Waals surface area contributed by atoms with E-state index >= 15 is 0 Å². The van der Waals surface area contributed by atoms with E-state index in [0.717, 1.165) is 47.8 Å². The van der Waals surface area contributed by atoms with Crippen molar-refractivity contribution in [3.63, 3.8) is 0 Å². The number of nitrogens with zero attached hydrogens (tertiary/aromatic N) is 1. The minimum absolute atomic E-state index is 0.298. The molecule has 3 heterocycles.